The average molecular weight is 287 g/mol. The molecule has 5 nitrogen and oxygen atoms in total. The van der Waals surface area contributed by atoms with E-state index in [1.165, 1.54) is 6.20 Å². The average Bonchev–Trinajstić information content (AvgIpc) is 2.39. The number of rotatable bonds is 3. The third-order valence-electron chi connectivity index (χ3n) is 2.91. The van der Waals surface area contributed by atoms with Crippen LogP contribution in [0, 0.1) is 0 Å². The second-order valence-corrected chi connectivity index (χ2v) is 7.21. The number of anilines is 1. The van der Waals surface area contributed by atoms with Crippen molar-refractivity contribution < 1.29 is 8.42 Å². The fourth-order valence-corrected chi connectivity index (χ4v) is 4.69. The van der Waals surface area contributed by atoms with E-state index < -0.39 is 10.0 Å². The van der Waals surface area contributed by atoms with Gasteiger partial charge in [-0.25, -0.2) is 13.4 Å². The van der Waals surface area contributed by atoms with Crippen LogP contribution < -0.4 is 5.32 Å². The molecule has 0 aliphatic carbocycles. The molecular formula is C11H17N3O2S2. The van der Waals surface area contributed by atoms with E-state index >= 15 is 0 Å². The lowest BCUT2D eigenvalue weighted by Gasteiger charge is -2.31. The number of aromatic nitrogens is 1. The van der Waals surface area contributed by atoms with Gasteiger partial charge in [-0.15, -0.1) is 0 Å². The molecule has 0 aromatic carbocycles. The second kappa shape index (κ2) is 5.46. The summed E-state index contributed by atoms with van der Waals surface area (Å²) in [6, 6.07) is 3.32. The SMILES string of the molecule is CNc1ccc(S(=O)(=O)N2CCSCC2C)cn1. The maximum absolute atomic E-state index is 12.5. The van der Waals surface area contributed by atoms with Crippen LogP contribution in [0.15, 0.2) is 23.2 Å². The highest BCUT2D eigenvalue weighted by molar-refractivity contribution is 7.99. The van der Waals surface area contributed by atoms with Crippen molar-refractivity contribution in [3.05, 3.63) is 18.3 Å². The van der Waals surface area contributed by atoms with Crippen molar-refractivity contribution >= 4 is 27.6 Å². The van der Waals surface area contributed by atoms with Crippen molar-refractivity contribution in [3.63, 3.8) is 0 Å². The number of pyridine rings is 1. The van der Waals surface area contributed by atoms with Gasteiger partial charge in [0.15, 0.2) is 0 Å². The number of hydrogen-bond acceptors (Lipinski definition) is 5. The van der Waals surface area contributed by atoms with E-state index in [1.54, 1.807) is 35.2 Å². The predicted molar refractivity (Wildman–Crippen MR) is 74.5 cm³/mol. The summed E-state index contributed by atoms with van der Waals surface area (Å²) in [6.07, 6.45) is 1.41. The minimum atomic E-state index is -3.41. The highest BCUT2D eigenvalue weighted by atomic mass is 32.2. The Bertz CT molecular complexity index is 502. The van der Waals surface area contributed by atoms with Crippen molar-refractivity contribution in [2.45, 2.75) is 17.9 Å². The summed E-state index contributed by atoms with van der Waals surface area (Å²) >= 11 is 1.79. The van der Waals surface area contributed by atoms with Gasteiger partial charge in [0.1, 0.15) is 10.7 Å². The van der Waals surface area contributed by atoms with Gasteiger partial charge in [0.25, 0.3) is 0 Å². The maximum atomic E-state index is 12.5. The van der Waals surface area contributed by atoms with Crippen molar-refractivity contribution in [2.24, 2.45) is 0 Å². The molecule has 1 aromatic heterocycles. The molecule has 1 fully saturated rings. The van der Waals surface area contributed by atoms with Gasteiger partial charge < -0.3 is 5.32 Å². The number of sulfonamides is 1. The quantitative estimate of drug-likeness (QED) is 0.906. The van der Waals surface area contributed by atoms with E-state index in [-0.39, 0.29) is 10.9 Å². The van der Waals surface area contributed by atoms with Gasteiger partial charge in [0.05, 0.1) is 0 Å². The van der Waals surface area contributed by atoms with Crippen LogP contribution in [0.4, 0.5) is 5.82 Å². The molecule has 0 bridgehead atoms. The lowest BCUT2D eigenvalue weighted by molar-refractivity contribution is 0.367. The normalized spacial score (nSPS) is 21.8. The van der Waals surface area contributed by atoms with Gasteiger partial charge in [-0.05, 0) is 19.1 Å². The first-order chi connectivity index (χ1) is 8.55. The third-order valence-corrected chi connectivity index (χ3v) is 6.09. The standard InChI is InChI=1S/C11H17N3O2S2/c1-9-8-17-6-5-14(9)18(15,16)10-3-4-11(12-2)13-7-10/h3-4,7,9H,5-6,8H2,1-2H3,(H,12,13). The zero-order valence-corrected chi connectivity index (χ0v) is 12.1. The summed E-state index contributed by atoms with van der Waals surface area (Å²) in [4.78, 5) is 4.33. The summed E-state index contributed by atoms with van der Waals surface area (Å²) < 4.78 is 26.5. The summed E-state index contributed by atoms with van der Waals surface area (Å²) in [7, 11) is -1.66. The Morgan fingerprint density at radius 3 is 2.83 bits per heavy atom. The molecule has 1 N–H and O–H groups in total. The molecule has 0 saturated carbocycles. The monoisotopic (exact) mass is 287 g/mol. The van der Waals surface area contributed by atoms with Crippen LogP contribution in [-0.2, 0) is 10.0 Å². The van der Waals surface area contributed by atoms with Gasteiger partial charge >= 0.3 is 0 Å². The van der Waals surface area contributed by atoms with Crippen molar-refractivity contribution in [3.8, 4) is 0 Å². The third kappa shape index (κ3) is 2.62. The van der Waals surface area contributed by atoms with Gasteiger partial charge in [-0.3, -0.25) is 0 Å². The van der Waals surface area contributed by atoms with Crippen molar-refractivity contribution in [2.75, 3.05) is 30.4 Å². The largest absolute Gasteiger partial charge is 0.373 e. The molecule has 2 rings (SSSR count). The van der Waals surface area contributed by atoms with E-state index in [9.17, 15) is 8.42 Å². The fraction of sp³-hybridized carbons (Fsp3) is 0.545. The Balaban J connectivity index is 2.28. The Morgan fingerprint density at radius 2 is 2.28 bits per heavy atom. The molecule has 1 saturated heterocycles. The highest BCUT2D eigenvalue weighted by Gasteiger charge is 2.31. The van der Waals surface area contributed by atoms with Crippen LogP contribution in [0.1, 0.15) is 6.92 Å². The molecule has 0 radical (unpaired) electrons. The number of nitrogens with one attached hydrogen (secondary N) is 1. The smallest absolute Gasteiger partial charge is 0.244 e. The van der Waals surface area contributed by atoms with Crippen LogP contribution in [0.25, 0.3) is 0 Å². The summed E-state index contributed by atoms with van der Waals surface area (Å²) in [6.45, 7) is 2.51. The molecule has 0 amide bonds. The van der Waals surface area contributed by atoms with Crippen molar-refractivity contribution in [1.29, 1.82) is 0 Å². The Hall–Kier alpha value is -0.790. The van der Waals surface area contributed by atoms with Gasteiger partial charge in [0.2, 0.25) is 10.0 Å². The predicted octanol–water partition coefficient (Wildman–Crippen LogP) is 1.25. The molecule has 7 heteroatoms. The lowest BCUT2D eigenvalue weighted by atomic mass is 10.4. The fourth-order valence-electron chi connectivity index (χ4n) is 1.89. The van der Waals surface area contributed by atoms with E-state index in [0.717, 1.165) is 11.5 Å². The van der Waals surface area contributed by atoms with Crippen LogP contribution in [0.5, 0.6) is 0 Å². The lowest BCUT2D eigenvalue weighted by Crippen LogP contribution is -2.44. The van der Waals surface area contributed by atoms with E-state index in [2.05, 4.69) is 10.3 Å². The first kappa shape index (κ1) is 13.6. The van der Waals surface area contributed by atoms with E-state index in [1.807, 2.05) is 6.92 Å². The molecule has 2 heterocycles. The first-order valence-corrected chi connectivity index (χ1v) is 8.38. The summed E-state index contributed by atoms with van der Waals surface area (Å²) in [5, 5.41) is 2.87. The molecule has 1 aliphatic rings. The number of nitrogens with zero attached hydrogens (tertiary/aromatic N) is 2. The zero-order chi connectivity index (χ0) is 13.2. The highest BCUT2D eigenvalue weighted by Crippen LogP contribution is 2.24. The Kier molecular flexibility index (Phi) is 4.14. The summed E-state index contributed by atoms with van der Waals surface area (Å²) in [5.41, 5.74) is 0. The first-order valence-electron chi connectivity index (χ1n) is 5.79. The maximum Gasteiger partial charge on any atom is 0.244 e. The molecule has 1 aliphatic heterocycles. The molecule has 1 aromatic rings. The molecule has 1 unspecified atom stereocenters. The molecule has 1 atom stereocenters. The minimum Gasteiger partial charge on any atom is -0.373 e. The van der Waals surface area contributed by atoms with E-state index in [4.69, 9.17) is 0 Å². The van der Waals surface area contributed by atoms with Crippen LogP contribution in [0.2, 0.25) is 0 Å². The van der Waals surface area contributed by atoms with Crippen LogP contribution in [0.3, 0.4) is 0 Å². The Labute approximate surface area is 112 Å². The molecule has 100 valence electrons. The van der Waals surface area contributed by atoms with Crippen LogP contribution in [-0.4, -0.2) is 48.8 Å². The minimum absolute atomic E-state index is 0.0396. The van der Waals surface area contributed by atoms with Crippen molar-refractivity contribution in [1.82, 2.24) is 9.29 Å². The Morgan fingerprint density at radius 1 is 1.50 bits per heavy atom. The van der Waals surface area contributed by atoms with Gasteiger partial charge in [-0.1, -0.05) is 0 Å². The summed E-state index contributed by atoms with van der Waals surface area (Å²) in [5.74, 6) is 2.36. The van der Waals surface area contributed by atoms with Gasteiger partial charge in [0, 0.05) is 37.3 Å². The topological polar surface area (TPSA) is 62.3 Å². The zero-order valence-electron chi connectivity index (χ0n) is 10.5. The molecular weight excluding hydrogens is 270 g/mol. The molecule has 18 heavy (non-hydrogen) atoms. The molecule has 0 spiro atoms. The second-order valence-electron chi connectivity index (χ2n) is 4.17. The number of hydrogen-bond donors (Lipinski definition) is 1. The van der Waals surface area contributed by atoms with Crippen LogP contribution >= 0.6 is 11.8 Å². The van der Waals surface area contributed by atoms with Gasteiger partial charge in [-0.2, -0.15) is 16.1 Å². The number of thioether (sulfide) groups is 1. The van der Waals surface area contributed by atoms with E-state index in [0.29, 0.717) is 12.4 Å².